The number of aryl methyl sites for hydroxylation is 2. The van der Waals surface area contributed by atoms with E-state index in [2.05, 4.69) is 9.97 Å². The van der Waals surface area contributed by atoms with E-state index in [1.54, 1.807) is 24.0 Å². The molecule has 1 atom stereocenters. The number of carbonyl (C=O) groups excluding carboxylic acids is 1. The maximum absolute atomic E-state index is 13.9. The molecule has 1 aliphatic heterocycles. The summed E-state index contributed by atoms with van der Waals surface area (Å²) in [7, 11) is 0. The van der Waals surface area contributed by atoms with E-state index in [0.29, 0.717) is 41.9 Å². The number of nitrogens with zero attached hydrogens (tertiary/aromatic N) is 3. The summed E-state index contributed by atoms with van der Waals surface area (Å²) in [5, 5.41) is 0. The Morgan fingerprint density at radius 1 is 1.08 bits per heavy atom. The van der Waals surface area contributed by atoms with E-state index in [1.807, 2.05) is 0 Å². The lowest BCUT2D eigenvalue weighted by atomic mass is 9.99. The van der Waals surface area contributed by atoms with Crippen molar-refractivity contribution in [2.24, 2.45) is 5.41 Å². The van der Waals surface area contributed by atoms with Crippen molar-refractivity contribution in [2.75, 3.05) is 6.54 Å². The van der Waals surface area contributed by atoms with E-state index in [0.717, 1.165) is 43.7 Å². The highest BCUT2D eigenvalue weighted by atomic mass is 19.4. The monoisotopic (exact) mass is 501 g/mol. The minimum Gasteiger partial charge on any atom is -0.334 e. The molecule has 188 valence electrons. The second-order valence-corrected chi connectivity index (χ2v) is 9.84. The SMILES string of the molecule is Cc1ccc(-c2ccc(F)c(F)c2)c(C(=O)N2CC3(CC3)C[C@H]2CCc2ccc(C(F)(F)F)cn2)n1. The third-order valence-electron chi connectivity index (χ3n) is 7.19. The number of hydrogen-bond donors (Lipinski definition) is 0. The number of amides is 1. The molecule has 5 rings (SSSR count). The number of benzene rings is 1. The van der Waals surface area contributed by atoms with Gasteiger partial charge < -0.3 is 4.90 Å². The molecule has 0 unspecified atom stereocenters. The maximum Gasteiger partial charge on any atom is 0.417 e. The standard InChI is InChI=1S/C27H24F5N3O/c1-16-2-8-21(17-3-9-22(28)23(29)12-17)24(34-16)25(36)35-15-26(10-11-26)13-20(35)7-6-19-5-4-18(14-33-19)27(30,31)32/h2-5,8-9,12,14,20H,6-7,10-11,13,15H2,1H3/t20-/m1/s1. The fraction of sp³-hybridized carbons (Fsp3) is 0.370. The van der Waals surface area contributed by atoms with Crippen molar-refractivity contribution in [3.8, 4) is 11.1 Å². The first-order valence-electron chi connectivity index (χ1n) is 11.8. The molecule has 1 spiro atoms. The van der Waals surface area contributed by atoms with Crippen LogP contribution in [0.5, 0.6) is 0 Å². The summed E-state index contributed by atoms with van der Waals surface area (Å²) in [4.78, 5) is 24.0. The number of pyridine rings is 2. The lowest BCUT2D eigenvalue weighted by molar-refractivity contribution is -0.137. The fourth-order valence-electron chi connectivity index (χ4n) is 5.01. The maximum atomic E-state index is 13.9. The van der Waals surface area contributed by atoms with Crippen LogP contribution in [0.25, 0.3) is 11.1 Å². The molecular weight excluding hydrogens is 477 g/mol. The first-order valence-corrected chi connectivity index (χ1v) is 11.8. The number of aromatic nitrogens is 2. The smallest absolute Gasteiger partial charge is 0.334 e. The van der Waals surface area contributed by atoms with Crippen molar-refractivity contribution >= 4 is 5.91 Å². The molecule has 2 aliphatic rings. The fourth-order valence-corrected chi connectivity index (χ4v) is 5.01. The molecule has 1 saturated heterocycles. The highest BCUT2D eigenvalue weighted by Crippen LogP contribution is 2.55. The third-order valence-corrected chi connectivity index (χ3v) is 7.19. The number of rotatable bonds is 5. The van der Waals surface area contributed by atoms with Crippen LogP contribution >= 0.6 is 0 Å². The molecule has 2 aromatic heterocycles. The zero-order chi connectivity index (χ0) is 25.7. The summed E-state index contributed by atoms with van der Waals surface area (Å²) in [5.74, 6) is -2.27. The molecule has 9 heteroatoms. The van der Waals surface area contributed by atoms with E-state index in [9.17, 15) is 26.7 Å². The predicted octanol–water partition coefficient (Wildman–Crippen LogP) is 6.38. The molecule has 1 saturated carbocycles. The highest BCUT2D eigenvalue weighted by Gasteiger charge is 2.53. The van der Waals surface area contributed by atoms with Gasteiger partial charge in [-0.25, -0.2) is 13.8 Å². The molecular formula is C27H24F5N3O. The zero-order valence-corrected chi connectivity index (χ0v) is 19.6. The summed E-state index contributed by atoms with van der Waals surface area (Å²) >= 11 is 0. The van der Waals surface area contributed by atoms with Crippen LogP contribution in [0.4, 0.5) is 22.0 Å². The third kappa shape index (κ3) is 4.83. The van der Waals surface area contributed by atoms with Gasteiger partial charge in [0.2, 0.25) is 0 Å². The minimum absolute atomic E-state index is 0.0693. The Labute approximate surface area is 205 Å². The summed E-state index contributed by atoms with van der Waals surface area (Å²) < 4.78 is 66.0. The molecule has 36 heavy (non-hydrogen) atoms. The van der Waals surface area contributed by atoms with Crippen LogP contribution in [0.1, 0.15) is 53.1 Å². The Kier molecular flexibility index (Phi) is 6.04. The van der Waals surface area contributed by atoms with Crippen molar-refractivity contribution < 1.29 is 26.7 Å². The van der Waals surface area contributed by atoms with Crippen LogP contribution in [0, 0.1) is 24.0 Å². The van der Waals surface area contributed by atoms with Gasteiger partial charge in [-0.15, -0.1) is 0 Å². The molecule has 0 N–H and O–H groups in total. The van der Waals surface area contributed by atoms with Crippen LogP contribution < -0.4 is 0 Å². The molecule has 1 amide bonds. The molecule has 1 aromatic carbocycles. The van der Waals surface area contributed by atoms with Crippen LogP contribution in [0.3, 0.4) is 0 Å². The average molecular weight is 501 g/mol. The Morgan fingerprint density at radius 2 is 1.86 bits per heavy atom. The van der Waals surface area contributed by atoms with Gasteiger partial charge in [0.1, 0.15) is 5.69 Å². The number of hydrogen-bond acceptors (Lipinski definition) is 3. The molecule has 3 heterocycles. The number of alkyl halides is 3. The van der Waals surface area contributed by atoms with Crippen LogP contribution in [0.2, 0.25) is 0 Å². The molecule has 3 aromatic rings. The topological polar surface area (TPSA) is 46.1 Å². The van der Waals surface area contributed by atoms with Crippen molar-refractivity contribution in [1.29, 1.82) is 0 Å². The Hall–Kier alpha value is -3.36. The van der Waals surface area contributed by atoms with Crippen molar-refractivity contribution in [3.63, 3.8) is 0 Å². The highest BCUT2D eigenvalue weighted by molar-refractivity contribution is 5.99. The number of carbonyl (C=O) groups is 1. The first-order chi connectivity index (χ1) is 17.0. The summed E-state index contributed by atoms with van der Waals surface area (Å²) in [5.41, 5.74) is 1.38. The van der Waals surface area contributed by atoms with Gasteiger partial charge in [0.05, 0.1) is 5.56 Å². The summed E-state index contributed by atoms with van der Waals surface area (Å²) in [6.45, 7) is 2.33. The van der Waals surface area contributed by atoms with Gasteiger partial charge in [-0.1, -0.05) is 12.1 Å². The van der Waals surface area contributed by atoms with Crippen LogP contribution in [-0.2, 0) is 12.6 Å². The van der Waals surface area contributed by atoms with Crippen molar-refractivity contribution in [1.82, 2.24) is 14.9 Å². The van der Waals surface area contributed by atoms with Gasteiger partial charge in [0, 0.05) is 35.7 Å². The zero-order valence-electron chi connectivity index (χ0n) is 19.6. The molecule has 2 fully saturated rings. The Morgan fingerprint density at radius 3 is 2.50 bits per heavy atom. The Balaban J connectivity index is 1.39. The van der Waals surface area contributed by atoms with Crippen molar-refractivity contribution in [2.45, 2.75) is 51.2 Å². The quantitative estimate of drug-likeness (QED) is 0.382. The van der Waals surface area contributed by atoms with Gasteiger partial charge >= 0.3 is 6.18 Å². The van der Waals surface area contributed by atoms with Gasteiger partial charge in [-0.3, -0.25) is 9.78 Å². The molecule has 4 nitrogen and oxygen atoms in total. The lowest BCUT2D eigenvalue weighted by Crippen LogP contribution is -2.37. The van der Waals surface area contributed by atoms with Gasteiger partial charge in [-0.05, 0) is 80.3 Å². The predicted molar refractivity (Wildman–Crippen MR) is 123 cm³/mol. The second kappa shape index (κ2) is 8.94. The van der Waals surface area contributed by atoms with Crippen LogP contribution in [0.15, 0.2) is 48.7 Å². The normalized spacial score (nSPS) is 18.6. The molecule has 0 radical (unpaired) electrons. The van der Waals surface area contributed by atoms with E-state index < -0.39 is 23.4 Å². The van der Waals surface area contributed by atoms with Gasteiger partial charge in [0.25, 0.3) is 5.91 Å². The van der Waals surface area contributed by atoms with E-state index in [4.69, 9.17) is 0 Å². The number of halogens is 5. The minimum atomic E-state index is -4.44. The van der Waals surface area contributed by atoms with E-state index >= 15 is 0 Å². The van der Waals surface area contributed by atoms with Gasteiger partial charge in [0.15, 0.2) is 11.6 Å². The van der Waals surface area contributed by atoms with Gasteiger partial charge in [-0.2, -0.15) is 13.2 Å². The second-order valence-electron chi connectivity index (χ2n) is 9.84. The molecule has 0 bridgehead atoms. The summed E-state index contributed by atoms with van der Waals surface area (Å²) in [6, 6.07) is 9.17. The first kappa shape index (κ1) is 24.3. The Bertz CT molecular complexity index is 1300. The van der Waals surface area contributed by atoms with E-state index in [1.165, 1.54) is 12.1 Å². The lowest BCUT2D eigenvalue weighted by Gasteiger charge is -2.25. The van der Waals surface area contributed by atoms with Crippen LogP contribution in [-0.4, -0.2) is 33.4 Å². The molecule has 1 aliphatic carbocycles. The van der Waals surface area contributed by atoms with Crippen molar-refractivity contribution in [3.05, 3.63) is 82.9 Å². The number of likely N-dealkylation sites (tertiary alicyclic amines) is 1. The summed E-state index contributed by atoms with van der Waals surface area (Å²) in [6.07, 6.45) is 0.223. The van der Waals surface area contributed by atoms with E-state index in [-0.39, 0.29) is 23.1 Å². The average Bonchev–Trinajstić information content (AvgIpc) is 3.50. The largest absolute Gasteiger partial charge is 0.417 e.